The number of carbonyl (C=O) groups is 1. The van der Waals surface area contributed by atoms with E-state index < -0.39 is 5.97 Å². The summed E-state index contributed by atoms with van der Waals surface area (Å²) >= 11 is 0. The summed E-state index contributed by atoms with van der Waals surface area (Å²) in [7, 11) is 1.35. The van der Waals surface area contributed by atoms with E-state index in [0.29, 0.717) is 11.5 Å². The summed E-state index contributed by atoms with van der Waals surface area (Å²) in [5, 5.41) is 3.26. The molecule has 15 heavy (non-hydrogen) atoms. The van der Waals surface area contributed by atoms with Crippen molar-refractivity contribution in [2.75, 3.05) is 20.2 Å². The van der Waals surface area contributed by atoms with Gasteiger partial charge in [0.2, 0.25) is 0 Å². The van der Waals surface area contributed by atoms with Gasteiger partial charge in [-0.3, -0.25) is 0 Å². The van der Waals surface area contributed by atoms with Crippen LogP contribution in [0.4, 0.5) is 0 Å². The molecule has 1 aromatic rings. The second-order valence-electron chi connectivity index (χ2n) is 3.58. The van der Waals surface area contributed by atoms with Crippen molar-refractivity contribution in [2.24, 2.45) is 0 Å². The number of nitrogens with zero attached hydrogens (tertiary/aromatic N) is 1. The Balaban J connectivity index is 2.19. The minimum absolute atomic E-state index is 0.280. The van der Waals surface area contributed by atoms with E-state index in [1.54, 1.807) is 0 Å². The fourth-order valence-electron chi connectivity index (χ4n) is 1.88. The Morgan fingerprint density at radius 1 is 1.60 bits per heavy atom. The first kappa shape index (κ1) is 10.2. The summed E-state index contributed by atoms with van der Waals surface area (Å²) in [6, 6.07) is 0. The molecule has 1 fully saturated rings. The third-order valence-corrected chi connectivity index (χ3v) is 2.68. The number of ether oxygens (including phenoxy) is 1. The molecule has 1 aliphatic rings. The highest BCUT2D eigenvalue weighted by Gasteiger charge is 2.26. The highest BCUT2D eigenvalue weighted by molar-refractivity contribution is 5.88. The Morgan fingerprint density at radius 3 is 3.00 bits per heavy atom. The normalized spacial score (nSPS) is 17.7. The summed E-state index contributed by atoms with van der Waals surface area (Å²) in [5.41, 5.74) is 0.324. The Kier molecular flexibility index (Phi) is 3.01. The van der Waals surface area contributed by atoms with Gasteiger partial charge in [-0.25, -0.2) is 9.78 Å². The molecule has 0 aromatic carbocycles. The molecule has 0 bridgehead atoms. The lowest BCUT2D eigenvalue weighted by Crippen LogP contribution is -2.27. The van der Waals surface area contributed by atoms with Gasteiger partial charge in [-0.05, 0) is 25.9 Å². The zero-order chi connectivity index (χ0) is 10.7. The molecule has 0 atom stereocenters. The van der Waals surface area contributed by atoms with Crippen LogP contribution in [0, 0.1) is 0 Å². The van der Waals surface area contributed by atoms with Crippen LogP contribution in [0.5, 0.6) is 0 Å². The predicted molar refractivity (Wildman–Crippen MR) is 52.7 cm³/mol. The number of carbonyl (C=O) groups excluding carboxylic acids is 1. The summed E-state index contributed by atoms with van der Waals surface area (Å²) in [6.45, 7) is 1.90. The van der Waals surface area contributed by atoms with Crippen molar-refractivity contribution in [2.45, 2.75) is 18.8 Å². The van der Waals surface area contributed by atoms with Gasteiger partial charge in [0.05, 0.1) is 7.11 Å². The zero-order valence-electron chi connectivity index (χ0n) is 8.66. The quantitative estimate of drug-likeness (QED) is 0.735. The van der Waals surface area contributed by atoms with Crippen LogP contribution in [-0.4, -0.2) is 31.2 Å². The molecular weight excluding hydrogens is 196 g/mol. The standard InChI is InChI=1S/C10H14N2O3/c1-14-10(13)8-9(15-6-12-8)7-2-4-11-5-3-7/h6-7,11H,2-5H2,1H3. The molecular formula is C10H14N2O3. The number of piperidine rings is 1. The highest BCUT2D eigenvalue weighted by Crippen LogP contribution is 2.27. The van der Waals surface area contributed by atoms with E-state index in [2.05, 4.69) is 15.0 Å². The summed E-state index contributed by atoms with van der Waals surface area (Å²) in [5.74, 6) is 0.531. The maximum absolute atomic E-state index is 11.4. The van der Waals surface area contributed by atoms with Crippen LogP contribution in [0.3, 0.4) is 0 Å². The van der Waals surface area contributed by atoms with Gasteiger partial charge in [0, 0.05) is 5.92 Å². The first-order valence-corrected chi connectivity index (χ1v) is 5.05. The van der Waals surface area contributed by atoms with E-state index in [9.17, 15) is 4.79 Å². The van der Waals surface area contributed by atoms with Crippen LogP contribution in [0.2, 0.25) is 0 Å². The number of methoxy groups -OCH3 is 1. The summed E-state index contributed by atoms with van der Waals surface area (Å²) in [6.07, 6.45) is 3.25. The molecule has 0 aliphatic carbocycles. The molecule has 5 nitrogen and oxygen atoms in total. The van der Waals surface area contributed by atoms with Crippen LogP contribution in [0.1, 0.15) is 35.0 Å². The lowest BCUT2D eigenvalue weighted by atomic mass is 9.94. The predicted octanol–water partition coefficient (Wildman–Crippen LogP) is 0.928. The molecule has 2 heterocycles. The van der Waals surface area contributed by atoms with E-state index in [0.717, 1.165) is 25.9 Å². The van der Waals surface area contributed by atoms with Gasteiger partial charge in [0.1, 0.15) is 5.76 Å². The molecule has 0 saturated carbocycles. The molecule has 1 aromatic heterocycles. The molecule has 0 amide bonds. The molecule has 0 spiro atoms. The first-order chi connectivity index (χ1) is 7.33. The third kappa shape index (κ3) is 2.02. The lowest BCUT2D eigenvalue weighted by Gasteiger charge is -2.20. The van der Waals surface area contributed by atoms with E-state index in [1.807, 2.05) is 0 Å². The maximum Gasteiger partial charge on any atom is 0.360 e. The number of nitrogens with one attached hydrogen (secondary N) is 1. The van der Waals surface area contributed by atoms with Gasteiger partial charge >= 0.3 is 5.97 Å². The third-order valence-electron chi connectivity index (χ3n) is 2.68. The average molecular weight is 210 g/mol. The van der Waals surface area contributed by atoms with Crippen LogP contribution < -0.4 is 5.32 Å². The van der Waals surface area contributed by atoms with E-state index in [-0.39, 0.29) is 5.92 Å². The SMILES string of the molecule is COC(=O)c1ncoc1C1CCNCC1. The second kappa shape index (κ2) is 4.44. The molecule has 2 rings (SSSR count). The van der Waals surface area contributed by atoms with Crippen molar-refractivity contribution in [3.8, 4) is 0 Å². The van der Waals surface area contributed by atoms with Crippen LogP contribution in [0.15, 0.2) is 10.8 Å². The van der Waals surface area contributed by atoms with E-state index in [1.165, 1.54) is 13.5 Å². The summed E-state index contributed by atoms with van der Waals surface area (Å²) in [4.78, 5) is 15.3. The van der Waals surface area contributed by atoms with Gasteiger partial charge in [0.25, 0.3) is 0 Å². The smallest absolute Gasteiger partial charge is 0.360 e. The number of aromatic nitrogens is 1. The monoisotopic (exact) mass is 210 g/mol. The molecule has 1 saturated heterocycles. The molecule has 5 heteroatoms. The topological polar surface area (TPSA) is 64.4 Å². The van der Waals surface area contributed by atoms with Gasteiger partial charge in [0.15, 0.2) is 12.1 Å². The van der Waals surface area contributed by atoms with Gasteiger partial charge in [-0.1, -0.05) is 0 Å². The number of hydrogen-bond acceptors (Lipinski definition) is 5. The second-order valence-corrected chi connectivity index (χ2v) is 3.58. The van der Waals surface area contributed by atoms with Crippen molar-refractivity contribution < 1.29 is 13.9 Å². The van der Waals surface area contributed by atoms with Crippen LogP contribution >= 0.6 is 0 Å². The van der Waals surface area contributed by atoms with Crippen molar-refractivity contribution in [1.29, 1.82) is 0 Å². The largest absolute Gasteiger partial charge is 0.464 e. The fourth-order valence-corrected chi connectivity index (χ4v) is 1.88. The Bertz CT molecular complexity index is 342. The molecule has 1 aliphatic heterocycles. The van der Waals surface area contributed by atoms with Crippen molar-refractivity contribution >= 4 is 5.97 Å². The molecule has 82 valence electrons. The Hall–Kier alpha value is -1.36. The Morgan fingerprint density at radius 2 is 2.33 bits per heavy atom. The minimum atomic E-state index is -0.419. The zero-order valence-corrected chi connectivity index (χ0v) is 8.66. The lowest BCUT2D eigenvalue weighted by molar-refractivity contribution is 0.0591. The molecule has 1 N–H and O–H groups in total. The Labute approximate surface area is 87.8 Å². The molecule has 0 radical (unpaired) electrons. The van der Waals surface area contributed by atoms with E-state index in [4.69, 9.17) is 4.42 Å². The van der Waals surface area contributed by atoms with E-state index >= 15 is 0 Å². The van der Waals surface area contributed by atoms with Crippen LogP contribution in [0.25, 0.3) is 0 Å². The molecule has 0 unspecified atom stereocenters. The highest BCUT2D eigenvalue weighted by atomic mass is 16.5. The van der Waals surface area contributed by atoms with Crippen molar-refractivity contribution in [3.05, 3.63) is 17.8 Å². The average Bonchev–Trinajstić information content (AvgIpc) is 2.78. The van der Waals surface area contributed by atoms with Gasteiger partial charge < -0.3 is 14.5 Å². The van der Waals surface area contributed by atoms with Crippen molar-refractivity contribution in [3.63, 3.8) is 0 Å². The number of hydrogen-bond donors (Lipinski definition) is 1. The van der Waals surface area contributed by atoms with Gasteiger partial charge in [-0.2, -0.15) is 0 Å². The fraction of sp³-hybridized carbons (Fsp3) is 0.600. The van der Waals surface area contributed by atoms with Crippen LogP contribution in [-0.2, 0) is 4.74 Å². The minimum Gasteiger partial charge on any atom is -0.464 e. The number of rotatable bonds is 2. The van der Waals surface area contributed by atoms with Crippen molar-refractivity contribution in [1.82, 2.24) is 10.3 Å². The van der Waals surface area contributed by atoms with Gasteiger partial charge in [-0.15, -0.1) is 0 Å². The number of oxazole rings is 1. The summed E-state index contributed by atoms with van der Waals surface area (Å²) < 4.78 is 9.94. The number of esters is 1. The first-order valence-electron chi connectivity index (χ1n) is 5.05. The maximum atomic E-state index is 11.4.